The summed E-state index contributed by atoms with van der Waals surface area (Å²) in [6.45, 7) is 2.40. The number of ether oxygens (including phenoxy) is 1. The van der Waals surface area contributed by atoms with Gasteiger partial charge in [0.2, 0.25) is 5.91 Å². The Hall–Kier alpha value is -1.55. The minimum absolute atomic E-state index is 0.169. The molecule has 4 heteroatoms. The maximum Gasteiger partial charge on any atom is 0.220 e. The highest BCUT2D eigenvalue weighted by molar-refractivity contribution is 5.76. The Morgan fingerprint density at radius 3 is 3.17 bits per heavy atom. The van der Waals surface area contributed by atoms with Crippen molar-refractivity contribution in [2.75, 3.05) is 13.2 Å². The van der Waals surface area contributed by atoms with Gasteiger partial charge in [-0.2, -0.15) is 0 Å². The number of fused-ring (bicyclic) bond motifs is 1. The summed E-state index contributed by atoms with van der Waals surface area (Å²) in [4.78, 5) is 11.1. The molecule has 1 unspecified atom stereocenters. The lowest BCUT2D eigenvalue weighted by molar-refractivity contribution is -0.122. The van der Waals surface area contributed by atoms with Crippen LogP contribution in [0.2, 0.25) is 0 Å². The van der Waals surface area contributed by atoms with Crippen molar-refractivity contribution in [1.82, 2.24) is 10.6 Å². The van der Waals surface area contributed by atoms with E-state index in [9.17, 15) is 4.79 Å². The average Bonchev–Trinajstić information content (AvgIpc) is 2.85. The lowest BCUT2D eigenvalue weighted by Crippen LogP contribution is -2.45. The number of carbonyl (C=O) groups is 1. The maximum absolute atomic E-state index is 11.1. The van der Waals surface area contributed by atoms with E-state index in [2.05, 4.69) is 28.8 Å². The Kier molecular flexibility index (Phi) is 3.19. The van der Waals surface area contributed by atoms with Gasteiger partial charge in [0.15, 0.2) is 0 Å². The van der Waals surface area contributed by atoms with Crippen LogP contribution in [0.5, 0.6) is 5.75 Å². The van der Waals surface area contributed by atoms with Gasteiger partial charge >= 0.3 is 0 Å². The van der Waals surface area contributed by atoms with E-state index in [0.717, 1.165) is 38.3 Å². The zero-order valence-electron chi connectivity index (χ0n) is 10.4. The first-order valence-electron chi connectivity index (χ1n) is 6.56. The molecule has 1 saturated heterocycles. The van der Waals surface area contributed by atoms with Crippen molar-refractivity contribution in [2.24, 2.45) is 0 Å². The number of rotatable bonds is 3. The molecule has 0 radical (unpaired) electrons. The zero-order chi connectivity index (χ0) is 12.4. The molecule has 1 aromatic rings. The SMILES string of the molecule is O=C1CCC(NCc2ccc3c(c2)CCO3)CN1. The predicted octanol–water partition coefficient (Wildman–Crippen LogP) is 0.990. The molecule has 1 atom stereocenters. The molecule has 1 aromatic carbocycles. The standard InChI is InChI=1S/C14H18N2O2/c17-14-4-2-12(9-16-14)15-8-10-1-3-13-11(7-10)5-6-18-13/h1,3,7,12,15H,2,4-6,8-9H2,(H,16,17). The highest BCUT2D eigenvalue weighted by Crippen LogP contribution is 2.25. The van der Waals surface area contributed by atoms with Crippen LogP contribution in [0, 0.1) is 0 Å². The summed E-state index contributed by atoms with van der Waals surface area (Å²) in [6, 6.07) is 6.78. The van der Waals surface area contributed by atoms with Crippen LogP contribution in [-0.4, -0.2) is 25.1 Å². The molecule has 96 valence electrons. The summed E-state index contributed by atoms with van der Waals surface area (Å²) < 4.78 is 5.49. The molecule has 2 aliphatic rings. The van der Waals surface area contributed by atoms with E-state index < -0.39 is 0 Å². The van der Waals surface area contributed by atoms with E-state index >= 15 is 0 Å². The van der Waals surface area contributed by atoms with Crippen molar-refractivity contribution < 1.29 is 9.53 Å². The van der Waals surface area contributed by atoms with E-state index in [4.69, 9.17) is 4.74 Å². The van der Waals surface area contributed by atoms with Crippen LogP contribution in [0.4, 0.5) is 0 Å². The molecule has 2 N–H and O–H groups in total. The summed E-state index contributed by atoms with van der Waals surface area (Å²) in [5.41, 5.74) is 2.60. The second-order valence-corrected chi connectivity index (χ2v) is 4.96. The van der Waals surface area contributed by atoms with Crippen LogP contribution < -0.4 is 15.4 Å². The summed E-state index contributed by atoms with van der Waals surface area (Å²) >= 11 is 0. The predicted molar refractivity (Wildman–Crippen MR) is 68.5 cm³/mol. The minimum atomic E-state index is 0.169. The summed E-state index contributed by atoms with van der Waals surface area (Å²) in [7, 11) is 0. The number of benzene rings is 1. The fraction of sp³-hybridized carbons (Fsp3) is 0.500. The fourth-order valence-corrected chi connectivity index (χ4v) is 2.52. The Morgan fingerprint density at radius 2 is 2.33 bits per heavy atom. The van der Waals surface area contributed by atoms with E-state index in [1.807, 2.05) is 0 Å². The number of amides is 1. The van der Waals surface area contributed by atoms with Crippen molar-refractivity contribution in [3.63, 3.8) is 0 Å². The minimum Gasteiger partial charge on any atom is -0.493 e. The molecule has 18 heavy (non-hydrogen) atoms. The smallest absolute Gasteiger partial charge is 0.220 e. The largest absolute Gasteiger partial charge is 0.493 e. The molecule has 1 amide bonds. The molecule has 0 saturated carbocycles. The topological polar surface area (TPSA) is 50.4 Å². The summed E-state index contributed by atoms with van der Waals surface area (Å²) in [6.07, 6.45) is 2.58. The van der Waals surface area contributed by atoms with E-state index in [1.165, 1.54) is 11.1 Å². The molecule has 3 rings (SSSR count). The quantitative estimate of drug-likeness (QED) is 0.836. The monoisotopic (exact) mass is 246 g/mol. The molecule has 4 nitrogen and oxygen atoms in total. The second-order valence-electron chi connectivity index (χ2n) is 4.96. The number of hydrogen-bond acceptors (Lipinski definition) is 3. The van der Waals surface area contributed by atoms with Gasteiger partial charge in [-0.05, 0) is 23.6 Å². The van der Waals surface area contributed by atoms with E-state index in [1.54, 1.807) is 0 Å². The van der Waals surface area contributed by atoms with Gasteiger partial charge < -0.3 is 15.4 Å². The van der Waals surface area contributed by atoms with Gasteiger partial charge in [0.25, 0.3) is 0 Å². The second kappa shape index (κ2) is 4.98. The molecule has 0 spiro atoms. The first-order valence-corrected chi connectivity index (χ1v) is 6.56. The highest BCUT2D eigenvalue weighted by Gasteiger charge is 2.17. The van der Waals surface area contributed by atoms with Crippen LogP contribution in [0.1, 0.15) is 24.0 Å². The van der Waals surface area contributed by atoms with Crippen LogP contribution >= 0.6 is 0 Å². The Bertz CT molecular complexity index is 449. The van der Waals surface area contributed by atoms with Gasteiger partial charge in [-0.3, -0.25) is 4.79 Å². The number of carbonyl (C=O) groups excluding carboxylic acids is 1. The van der Waals surface area contributed by atoms with Crippen molar-refractivity contribution in [3.05, 3.63) is 29.3 Å². The number of piperidine rings is 1. The molecule has 1 fully saturated rings. The maximum atomic E-state index is 11.1. The molecular formula is C14H18N2O2. The van der Waals surface area contributed by atoms with Crippen LogP contribution in [-0.2, 0) is 17.8 Å². The Morgan fingerprint density at radius 1 is 1.39 bits per heavy atom. The fourth-order valence-electron chi connectivity index (χ4n) is 2.52. The van der Waals surface area contributed by atoms with E-state index in [-0.39, 0.29) is 5.91 Å². The third kappa shape index (κ3) is 2.48. The lowest BCUT2D eigenvalue weighted by Gasteiger charge is -2.23. The third-order valence-corrected chi connectivity index (χ3v) is 3.61. The number of nitrogens with one attached hydrogen (secondary N) is 2. The average molecular weight is 246 g/mol. The third-order valence-electron chi connectivity index (χ3n) is 3.61. The normalized spacial score (nSPS) is 22.2. The van der Waals surface area contributed by atoms with Crippen molar-refractivity contribution in [1.29, 1.82) is 0 Å². The molecular weight excluding hydrogens is 228 g/mol. The zero-order valence-corrected chi connectivity index (χ0v) is 10.4. The van der Waals surface area contributed by atoms with Crippen LogP contribution in [0.3, 0.4) is 0 Å². The first-order chi connectivity index (χ1) is 8.81. The van der Waals surface area contributed by atoms with Crippen LogP contribution in [0.15, 0.2) is 18.2 Å². The summed E-state index contributed by atoms with van der Waals surface area (Å²) in [5.74, 6) is 1.20. The molecule has 2 aliphatic heterocycles. The van der Waals surface area contributed by atoms with Gasteiger partial charge in [0.1, 0.15) is 5.75 Å². The van der Waals surface area contributed by atoms with Gasteiger partial charge in [-0.25, -0.2) is 0 Å². The molecule has 0 aliphatic carbocycles. The van der Waals surface area contributed by atoms with Crippen molar-refractivity contribution in [2.45, 2.75) is 31.8 Å². The van der Waals surface area contributed by atoms with Crippen molar-refractivity contribution in [3.8, 4) is 5.75 Å². The molecule has 0 aromatic heterocycles. The summed E-state index contributed by atoms with van der Waals surface area (Å²) in [5, 5.41) is 6.38. The van der Waals surface area contributed by atoms with Gasteiger partial charge in [-0.15, -0.1) is 0 Å². The van der Waals surface area contributed by atoms with Gasteiger partial charge in [0.05, 0.1) is 6.61 Å². The van der Waals surface area contributed by atoms with Crippen LogP contribution in [0.25, 0.3) is 0 Å². The highest BCUT2D eigenvalue weighted by atomic mass is 16.5. The molecule has 2 heterocycles. The Balaban J connectivity index is 1.55. The lowest BCUT2D eigenvalue weighted by atomic mass is 10.1. The van der Waals surface area contributed by atoms with Gasteiger partial charge in [0, 0.05) is 32.0 Å². The van der Waals surface area contributed by atoms with E-state index in [0.29, 0.717) is 12.5 Å². The van der Waals surface area contributed by atoms with Crippen molar-refractivity contribution >= 4 is 5.91 Å². The van der Waals surface area contributed by atoms with Gasteiger partial charge in [-0.1, -0.05) is 12.1 Å². The Labute approximate surface area is 107 Å². The number of hydrogen-bond donors (Lipinski definition) is 2. The molecule has 0 bridgehead atoms. The first kappa shape index (κ1) is 11.5.